The minimum absolute atomic E-state index is 0.104. The number of piperazine rings is 1. The van der Waals surface area contributed by atoms with Gasteiger partial charge in [-0.3, -0.25) is 9.69 Å². The molecule has 3 rings (SSSR count). The first-order valence-corrected chi connectivity index (χ1v) is 8.16. The molecule has 0 spiro atoms. The number of aromatic nitrogens is 3. The zero-order valence-corrected chi connectivity index (χ0v) is 14.2. The van der Waals surface area contributed by atoms with Crippen molar-refractivity contribution in [2.24, 2.45) is 0 Å². The average Bonchev–Trinajstić information content (AvgIpc) is 3.10. The van der Waals surface area contributed by atoms with E-state index in [1.54, 1.807) is 18.1 Å². The number of methoxy groups -OCH3 is 1. The Bertz CT molecular complexity index is 675. The number of aryl methyl sites for hydroxylation is 1. The first-order chi connectivity index (χ1) is 11.7. The lowest BCUT2D eigenvalue weighted by Gasteiger charge is -2.33. The maximum absolute atomic E-state index is 12.6. The molecule has 0 aliphatic carbocycles. The Morgan fingerprint density at radius 3 is 2.54 bits per heavy atom. The quantitative estimate of drug-likeness (QED) is 0.818. The number of carbonyl (C=O) groups is 1. The fourth-order valence-electron chi connectivity index (χ4n) is 2.72. The van der Waals surface area contributed by atoms with E-state index in [0.29, 0.717) is 13.1 Å². The van der Waals surface area contributed by atoms with Crippen LogP contribution in [0.5, 0.6) is 0 Å². The maximum Gasteiger partial charge on any atom is 0.293 e. The van der Waals surface area contributed by atoms with Crippen LogP contribution in [0, 0.1) is 6.92 Å². The van der Waals surface area contributed by atoms with E-state index in [1.807, 2.05) is 36.1 Å². The highest BCUT2D eigenvalue weighted by atomic mass is 16.5. The van der Waals surface area contributed by atoms with Gasteiger partial charge in [-0.2, -0.15) is 0 Å². The highest BCUT2D eigenvalue weighted by Gasteiger charge is 2.24. The van der Waals surface area contributed by atoms with Gasteiger partial charge in [0, 0.05) is 39.8 Å². The van der Waals surface area contributed by atoms with E-state index in [2.05, 4.69) is 15.0 Å². The number of ether oxygens (including phenoxy) is 1. The van der Waals surface area contributed by atoms with Gasteiger partial charge in [0.05, 0.1) is 12.3 Å². The SMILES string of the molecule is COCCN1CCN(C(=O)c2ncn(-c3ccc(C)cc3)n2)CC1. The molecule has 1 aromatic carbocycles. The summed E-state index contributed by atoms with van der Waals surface area (Å²) in [6.45, 7) is 6.76. The molecule has 0 bridgehead atoms. The predicted molar refractivity (Wildman–Crippen MR) is 90.3 cm³/mol. The second-order valence-electron chi connectivity index (χ2n) is 5.97. The standard InChI is InChI=1S/C17H23N5O2/c1-14-3-5-15(6-4-14)22-13-18-16(19-22)17(23)21-9-7-20(8-10-21)11-12-24-2/h3-6,13H,7-12H2,1-2H3. The van der Waals surface area contributed by atoms with Crippen LogP contribution in [0.3, 0.4) is 0 Å². The highest BCUT2D eigenvalue weighted by molar-refractivity contribution is 5.90. The summed E-state index contributed by atoms with van der Waals surface area (Å²) in [5.74, 6) is 0.146. The van der Waals surface area contributed by atoms with Gasteiger partial charge in [-0.05, 0) is 19.1 Å². The summed E-state index contributed by atoms with van der Waals surface area (Å²) in [4.78, 5) is 20.9. The van der Waals surface area contributed by atoms with Gasteiger partial charge in [-0.1, -0.05) is 17.7 Å². The molecular formula is C17H23N5O2. The zero-order valence-electron chi connectivity index (χ0n) is 14.2. The Kier molecular flexibility index (Phi) is 5.22. The average molecular weight is 329 g/mol. The highest BCUT2D eigenvalue weighted by Crippen LogP contribution is 2.10. The van der Waals surface area contributed by atoms with Crippen LogP contribution < -0.4 is 0 Å². The molecule has 0 atom stereocenters. The first kappa shape index (κ1) is 16.6. The molecule has 1 aliphatic heterocycles. The number of benzene rings is 1. The monoisotopic (exact) mass is 329 g/mol. The van der Waals surface area contributed by atoms with E-state index in [-0.39, 0.29) is 11.7 Å². The van der Waals surface area contributed by atoms with Crippen LogP contribution in [-0.2, 0) is 4.74 Å². The van der Waals surface area contributed by atoms with Crippen molar-refractivity contribution in [3.05, 3.63) is 42.0 Å². The van der Waals surface area contributed by atoms with Gasteiger partial charge in [0.25, 0.3) is 5.91 Å². The molecule has 2 aromatic rings. The van der Waals surface area contributed by atoms with Crippen molar-refractivity contribution in [3.8, 4) is 5.69 Å². The third-order valence-electron chi connectivity index (χ3n) is 4.25. The number of hydrogen-bond acceptors (Lipinski definition) is 5. The first-order valence-electron chi connectivity index (χ1n) is 8.16. The predicted octanol–water partition coefficient (Wildman–Crippen LogP) is 0.980. The molecule has 128 valence electrons. The van der Waals surface area contributed by atoms with Crippen LogP contribution in [0.1, 0.15) is 16.2 Å². The minimum Gasteiger partial charge on any atom is -0.383 e. The third kappa shape index (κ3) is 3.80. The van der Waals surface area contributed by atoms with Gasteiger partial charge in [0.15, 0.2) is 0 Å². The minimum atomic E-state index is -0.104. The van der Waals surface area contributed by atoms with Gasteiger partial charge in [0.1, 0.15) is 6.33 Å². The summed E-state index contributed by atoms with van der Waals surface area (Å²) >= 11 is 0. The molecule has 0 N–H and O–H groups in total. The fourth-order valence-corrected chi connectivity index (χ4v) is 2.72. The van der Waals surface area contributed by atoms with E-state index in [4.69, 9.17) is 4.74 Å². The Hall–Kier alpha value is -2.25. The summed E-state index contributed by atoms with van der Waals surface area (Å²) in [5, 5.41) is 4.33. The molecule has 7 heteroatoms. The van der Waals surface area contributed by atoms with Crippen LogP contribution in [0.4, 0.5) is 0 Å². The van der Waals surface area contributed by atoms with E-state index in [9.17, 15) is 4.79 Å². The molecule has 24 heavy (non-hydrogen) atoms. The summed E-state index contributed by atoms with van der Waals surface area (Å²) < 4.78 is 6.74. The van der Waals surface area contributed by atoms with Crippen LogP contribution in [0.25, 0.3) is 5.69 Å². The van der Waals surface area contributed by atoms with Crippen molar-refractivity contribution in [1.29, 1.82) is 0 Å². The van der Waals surface area contributed by atoms with Gasteiger partial charge < -0.3 is 9.64 Å². The molecule has 0 saturated carbocycles. The van der Waals surface area contributed by atoms with E-state index < -0.39 is 0 Å². The molecule has 2 heterocycles. The Labute approximate surface area is 141 Å². The Morgan fingerprint density at radius 2 is 1.88 bits per heavy atom. The number of amides is 1. The van der Waals surface area contributed by atoms with Gasteiger partial charge in [-0.25, -0.2) is 9.67 Å². The van der Waals surface area contributed by atoms with Crippen LogP contribution >= 0.6 is 0 Å². The van der Waals surface area contributed by atoms with Crippen molar-refractivity contribution in [1.82, 2.24) is 24.6 Å². The molecule has 1 aliphatic rings. The Morgan fingerprint density at radius 1 is 1.17 bits per heavy atom. The molecule has 1 amide bonds. The van der Waals surface area contributed by atoms with Crippen molar-refractivity contribution in [3.63, 3.8) is 0 Å². The Balaban J connectivity index is 1.61. The second kappa shape index (κ2) is 7.55. The van der Waals surface area contributed by atoms with Gasteiger partial charge in [0.2, 0.25) is 5.82 Å². The number of rotatable bonds is 5. The fraction of sp³-hybridized carbons (Fsp3) is 0.471. The number of hydrogen-bond donors (Lipinski definition) is 0. The van der Waals surface area contributed by atoms with Crippen LogP contribution in [0.2, 0.25) is 0 Å². The third-order valence-corrected chi connectivity index (χ3v) is 4.25. The molecular weight excluding hydrogens is 306 g/mol. The second-order valence-corrected chi connectivity index (χ2v) is 5.97. The van der Waals surface area contributed by atoms with E-state index >= 15 is 0 Å². The van der Waals surface area contributed by atoms with Crippen molar-refractivity contribution < 1.29 is 9.53 Å². The molecule has 0 unspecified atom stereocenters. The van der Waals surface area contributed by atoms with E-state index in [1.165, 1.54) is 5.56 Å². The summed E-state index contributed by atoms with van der Waals surface area (Å²) in [6.07, 6.45) is 1.59. The van der Waals surface area contributed by atoms with Crippen molar-refractivity contribution in [2.75, 3.05) is 46.4 Å². The van der Waals surface area contributed by atoms with E-state index in [0.717, 1.165) is 31.9 Å². The summed E-state index contributed by atoms with van der Waals surface area (Å²) in [5.41, 5.74) is 2.08. The molecule has 1 aromatic heterocycles. The summed E-state index contributed by atoms with van der Waals surface area (Å²) in [7, 11) is 1.70. The molecule has 7 nitrogen and oxygen atoms in total. The smallest absolute Gasteiger partial charge is 0.293 e. The maximum atomic E-state index is 12.6. The lowest BCUT2D eigenvalue weighted by molar-refractivity contribution is 0.0583. The van der Waals surface area contributed by atoms with Crippen LogP contribution in [-0.4, -0.2) is 76.9 Å². The molecule has 0 radical (unpaired) electrons. The lowest BCUT2D eigenvalue weighted by atomic mass is 10.2. The lowest BCUT2D eigenvalue weighted by Crippen LogP contribution is -2.49. The van der Waals surface area contributed by atoms with Gasteiger partial charge in [-0.15, -0.1) is 5.10 Å². The largest absolute Gasteiger partial charge is 0.383 e. The topological polar surface area (TPSA) is 63.5 Å². The molecule has 1 fully saturated rings. The van der Waals surface area contributed by atoms with Crippen molar-refractivity contribution >= 4 is 5.91 Å². The summed E-state index contributed by atoms with van der Waals surface area (Å²) in [6, 6.07) is 7.95. The van der Waals surface area contributed by atoms with Gasteiger partial charge >= 0.3 is 0 Å². The number of nitrogens with zero attached hydrogens (tertiary/aromatic N) is 5. The zero-order chi connectivity index (χ0) is 16.9. The van der Waals surface area contributed by atoms with Crippen molar-refractivity contribution in [2.45, 2.75) is 6.92 Å². The number of carbonyl (C=O) groups excluding carboxylic acids is 1. The normalized spacial score (nSPS) is 15.7. The molecule has 1 saturated heterocycles. The van der Waals surface area contributed by atoms with Crippen LogP contribution in [0.15, 0.2) is 30.6 Å².